The van der Waals surface area contributed by atoms with Gasteiger partial charge in [-0.2, -0.15) is 13.2 Å². The maximum atomic E-state index is 13.4. The highest BCUT2D eigenvalue weighted by Gasteiger charge is 2.30. The largest absolute Gasteiger partial charge is 0.396 e. The van der Waals surface area contributed by atoms with Crippen molar-refractivity contribution in [2.75, 3.05) is 16.2 Å². The molecule has 0 atom stereocenters. The van der Waals surface area contributed by atoms with Gasteiger partial charge in [0.05, 0.1) is 17.9 Å². The maximum Gasteiger partial charge on any atom is 0.390 e. The number of anilines is 2. The third kappa shape index (κ3) is 4.54. The van der Waals surface area contributed by atoms with Crippen LogP contribution in [0.15, 0.2) is 12.1 Å². The summed E-state index contributed by atoms with van der Waals surface area (Å²) in [4.78, 5) is 0. The van der Waals surface area contributed by atoms with E-state index in [-0.39, 0.29) is 0 Å². The van der Waals surface area contributed by atoms with Crippen molar-refractivity contribution in [2.24, 2.45) is 0 Å². The molecule has 19 heavy (non-hydrogen) atoms. The van der Waals surface area contributed by atoms with Gasteiger partial charge >= 0.3 is 6.18 Å². The van der Waals surface area contributed by atoms with E-state index in [1.165, 1.54) is 4.72 Å². The molecular formula is C9H9F5N2O2S. The lowest BCUT2D eigenvalue weighted by Gasteiger charge is -2.11. The van der Waals surface area contributed by atoms with Crippen LogP contribution < -0.4 is 10.5 Å². The van der Waals surface area contributed by atoms with Gasteiger partial charge in [-0.1, -0.05) is 0 Å². The molecule has 0 fully saturated rings. The number of nitrogen functional groups attached to an aromatic ring is 1. The molecule has 0 aliphatic carbocycles. The number of benzene rings is 1. The molecule has 1 aromatic rings. The molecule has 0 amide bonds. The summed E-state index contributed by atoms with van der Waals surface area (Å²) >= 11 is 0. The zero-order chi connectivity index (χ0) is 14.8. The smallest absolute Gasteiger partial charge is 0.390 e. The summed E-state index contributed by atoms with van der Waals surface area (Å²) in [7, 11) is -4.54. The Morgan fingerprint density at radius 1 is 1.21 bits per heavy atom. The molecule has 1 rings (SSSR count). The predicted molar refractivity (Wildman–Crippen MR) is 58.9 cm³/mol. The Balaban J connectivity index is 2.93. The number of rotatable bonds is 4. The highest BCUT2D eigenvalue weighted by Crippen LogP contribution is 2.26. The highest BCUT2D eigenvalue weighted by atomic mass is 32.2. The minimum absolute atomic E-state index is 0.532. The highest BCUT2D eigenvalue weighted by molar-refractivity contribution is 7.92. The second kappa shape index (κ2) is 5.19. The first kappa shape index (κ1) is 15.5. The first-order valence-electron chi connectivity index (χ1n) is 4.82. The number of alkyl halides is 3. The van der Waals surface area contributed by atoms with Crippen LogP contribution in [-0.4, -0.2) is 20.3 Å². The van der Waals surface area contributed by atoms with Gasteiger partial charge in [-0.15, -0.1) is 0 Å². The normalized spacial score (nSPS) is 12.5. The van der Waals surface area contributed by atoms with Crippen LogP contribution in [0.1, 0.15) is 6.42 Å². The molecule has 0 heterocycles. The van der Waals surface area contributed by atoms with Gasteiger partial charge in [0.15, 0.2) is 5.82 Å². The average molecular weight is 304 g/mol. The molecule has 0 aliphatic heterocycles. The Labute approximate surface area is 105 Å². The van der Waals surface area contributed by atoms with Crippen molar-refractivity contribution in [1.82, 2.24) is 0 Å². The van der Waals surface area contributed by atoms with E-state index >= 15 is 0 Å². The lowest BCUT2D eigenvalue weighted by Crippen LogP contribution is -2.23. The average Bonchev–Trinajstić information content (AvgIpc) is 2.27. The molecule has 0 aliphatic rings. The summed E-state index contributed by atoms with van der Waals surface area (Å²) < 4.78 is 86.2. The van der Waals surface area contributed by atoms with Crippen molar-refractivity contribution in [1.29, 1.82) is 0 Å². The fourth-order valence-corrected chi connectivity index (χ4v) is 2.22. The summed E-state index contributed by atoms with van der Waals surface area (Å²) in [5.74, 6) is -4.00. The number of nitrogens with one attached hydrogen (secondary N) is 1. The van der Waals surface area contributed by atoms with Gasteiger partial charge in [-0.05, 0) is 12.1 Å². The van der Waals surface area contributed by atoms with Crippen molar-refractivity contribution < 1.29 is 30.4 Å². The molecule has 0 spiro atoms. The maximum absolute atomic E-state index is 13.4. The van der Waals surface area contributed by atoms with Crippen molar-refractivity contribution >= 4 is 21.4 Å². The Kier molecular flexibility index (Phi) is 4.23. The lowest BCUT2D eigenvalue weighted by atomic mass is 10.2. The van der Waals surface area contributed by atoms with E-state index in [0.29, 0.717) is 6.07 Å². The number of halogens is 5. The van der Waals surface area contributed by atoms with Crippen LogP contribution in [0.25, 0.3) is 0 Å². The molecule has 0 saturated carbocycles. The SMILES string of the molecule is Nc1ccc(F)c(NS(=O)(=O)CCC(F)(F)F)c1F. The summed E-state index contributed by atoms with van der Waals surface area (Å²) in [5, 5.41) is 0. The van der Waals surface area contributed by atoms with Gasteiger partial charge in [0.1, 0.15) is 11.5 Å². The third-order valence-corrected chi connectivity index (χ3v) is 3.29. The molecule has 4 nitrogen and oxygen atoms in total. The van der Waals surface area contributed by atoms with Gasteiger partial charge in [-0.3, -0.25) is 4.72 Å². The fourth-order valence-electron chi connectivity index (χ4n) is 1.12. The Morgan fingerprint density at radius 3 is 2.32 bits per heavy atom. The molecule has 3 N–H and O–H groups in total. The van der Waals surface area contributed by atoms with Crippen LogP contribution in [-0.2, 0) is 10.0 Å². The molecule has 1 aromatic carbocycles. The lowest BCUT2D eigenvalue weighted by molar-refractivity contribution is -0.129. The Morgan fingerprint density at radius 2 is 1.79 bits per heavy atom. The van der Waals surface area contributed by atoms with Crippen molar-refractivity contribution in [3.63, 3.8) is 0 Å². The molecule has 10 heteroatoms. The van der Waals surface area contributed by atoms with E-state index in [4.69, 9.17) is 5.73 Å². The van der Waals surface area contributed by atoms with Gasteiger partial charge < -0.3 is 5.73 Å². The molecular weight excluding hydrogens is 295 g/mol. The molecule has 0 aromatic heterocycles. The second-order valence-electron chi connectivity index (χ2n) is 3.61. The Hall–Kier alpha value is -1.58. The van der Waals surface area contributed by atoms with E-state index in [1.807, 2.05) is 0 Å². The number of hydrogen-bond acceptors (Lipinski definition) is 3. The molecule has 0 bridgehead atoms. The first-order valence-corrected chi connectivity index (χ1v) is 6.48. The van der Waals surface area contributed by atoms with Gasteiger partial charge in [-0.25, -0.2) is 17.2 Å². The van der Waals surface area contributed by atoms with Crippen molar-refractivity contribution in [2.45, 2.75) is 12.6 Å². The third-order valence-electron chi connectivity index (χ3n) is 2.03. The van der Waals surface area contributed by atoms with Crippen LogP contribution in [0, 0.1) is 11.6 Å². The van der Waals surface area contributed by atoms with Crippen LogP contribution in [0.2, 0.25) is 0 Å². The Bertz CT molecular complexity index is 571. The summed E-state index contributed by atoms with van der Waals surface area (Å²) in [5.41, 5.74) is 3.47. The van der Waals surface area contributed by atoms with Crippen molar-refractivity contribution in [3.8, 4) is 0 Å². The molecule has 0 unspecified atom stereocenters. The topological polar surface area (TPSA) is 72.2 Å². The standard InChI is InChI=1S/C9H9F5N2O2S/c10-5-1-2-6(15)7(11)8(5)16-19(17,18)4-3-9(12,13)14/h1-2,16H,3-4,15H2. The monoisotopic (exact) mass is 304 g/mol. The summed E-state index contributed by atoms with van der Waals surface area (Å²) in [6.45, 7) is 0. The zero-order valence-corrected chi connectivity index (χ0v) is 10.1. The van der Waals surface area contributed by atoms with E-state index < -0.39 is 51.4 Å². The second-order valence-corrected chi connectivity index (χ2v) is 5.45. The number of nitrogens with two attached hydrogens (primary N) is 1. The van der Waals surface area contributed by atoms with Crippen LogP contribution in [0.5, 0.6) is 0 Å². The van der Waals surface area contributed by atoms with Crippen LogP contribution >= 0.6 is 0 Å². The van der Waals surface area contributed by atoms with Crippen molar-refractivity contribution in [3.05, 3.63) is 23.8 Å². The molecule has 0 radical (unpaired) electrons. The van der Waals surface area contributed by atoms with E-state index in [1.54, 1.807) is 0 Å². The zero-order valence-electron chi connectivity index (χ0n) is 9.26. The molecule has 0 saturated heterocycles. The van der Waals surface area contributed by atoms with E-state index in [9.17, 15) is 30.4 Å². The molecule has 108 valence electrons. The van der Waals surface area contributed by atoms with Crippen LogP contribution in [0.3, 0.4) is 0 Å². The van der Waals surface area contributed by atoms with Crippen LogP contribution in [0.4, 0.5) is 33.3 Å². The van der Waals surface area contributed by atoms with Gasteiger partial charge in [0.2, 0.25) is 10.0 Å². The van der Waals surface area contributed by atoms with Gasteiger partial charge in [0, 0.05) is 0 Å². The predicted octanol–water partition coefficient (Wildman–Crippen LogP) is 2.24. The minimum atomic E-state index is -4.69. The summed E-state index contributed by atoms with van der Waals surface area (Å²) in [6.07, 6.45) is -6.32. The van der Waals surface area contributed by atoms with E-state index in [0.717, 1.165) is 6.07 Å². The number of hydrogen-bond donors (Lipinski definition) is 2. The summed E-state index contributed by atoms with van der Waals surface area (Å²) in [6, 6.07) is 1.55. The minimum Gasteiger partial charge on any atom is -0.396 e. The number of sulfonamides is 1. The fraction of sp³-hybridized carbons (Fsp3) is 0.333. The quantitative estimate of drug-likeness (QED) is 0.662. The van der Waals surface area contributed by atoms with Gasteiger partial charge in [0.25, 0.3) is 0 Å². The first-order chi connectivity index (χ1) is 8.52. The van der Waals surface area contributed by atoms with E-state index in [2.05, 4.69) is 0 Å².